The minimum absolute atomic E-state index is 0.0815. The van der Waals surface area contributed by atoms with E-state index in [0.29, 0.717) is 31.7 Å². The Morgan fingerprint density at radius 3 is 2.62 bits per heavy atom. The SMILES string of the molecule is CCOC(=O)[C@@]12C[C@H]1C=CCCCCN(C)C(=O)[C@@H]1C[C@H](Oc3cc(C(C)(C)C)nc(OC)n3)C[C@H]1C(=O)N2. The van der Waals surface area contributed by atoms with Gasteiger partial charge in [-0.2, -0.15) is 9.97 Å². The van der Waals surface area contributed by atoms with Gasteiger partial charge < -0.3 is 24.4 Å². The molecule has 4 rings (SSSR count). The minimum Gasteiger partial charge on any atom is -0.474 e. The molecule has 2 fully saturated rings. The van der Waals surface area contributed by atoms with E-state index in [-0.39, 0.29) is 35.8 Å². The summed E-state index contributed by atoms with van der Waals surface area (Å²) in [5.41, 5.74) is -0.569. The van der Waals surface area contributed by atoms with Gasteiger partial charge in [0.1, 0.15) is 11.6 Å². The molecule has 0 radical (unpaired) electrons. The Labute approximate surface area is 230 Å². The number of allylic oxidation sites excluding steroid dienone is 1. The van der Waals surface area contributed by atoms with E-state index in [4.69, 9.17) is 14.2 Å². The van der Waals surface area contributed by atoms with Gasteiger partial charge in [0, 0.05) is 31.0 Å². The molecule has 1 aliphatic heterocycles. The molecule has 0 spiro atoms. The molecule has 0 aromatic carbocycles. The monoisotopic (exact) mass is 542 g/mol. The topological polar surface area (TPSA) is 120 Å². The Morgan fingerprint density at radius 1 is 1.18 bits per heavy atom. The van der Waals surface area contributed by atoms with Gasteiger partial charge in [0.2, 0.25) is 17.7 Å². The second-order valence-electron chi connectivity index (χ2n) is 11.9. The summed E-state index contributed by atoms with van der Waals surface area (Å²) in [6.07, 6.45) is 7.51. The van der Waals surface area contributed by atoms with E-state index < -0.39 is 29.4 Å². The lowest BCUT2D eigenvalue weighted by molar-refractivity contribution is -0.150. The van der Waals surface area contributed by atoms with Gasteiger partial charge in [-0.15, -0.1) is 0 Å². The maximum absolute atomic E-state index is 13.7. The minimum atomic E-state index is -1.08. The Hall–Kier alpha value is -3.17. The molecule has 2 aliphatic carbocycles. The average molecular weight is 543 g/mol. The molecule has 1 aromatic rings. The van der Waals surface area contributed by atoms with Crippen LogP contribution in [0.25, 0.3) is 0 Å². The zero-order valence-corrected chi connectivity index (χ0v) is 24.0. The van der Waals surface area contributed by atoms with Gasteiger partial charge in [-0.25, -0.2) is 4.79 Å². The van der Waals surface area contributed by atoms with Crippen molar-refractivity contribution in [3.05, 3.63) is 23.9 Å². The number of methoxy groups -OCH3 is 1. The highest BCUT2D eigenvalue weighted by Gasteiger charge is 2.62. The van der Waals surface area contributed by atoms with Crippen molar-refractivity contribution in [3.63, 3.8) is 0 Å². The van der Waals surface area contributed by atoms with Gasteiger partial charge in [-0.3, -0.25) is 9.59 Å². The predicted molar refractivity (Wildman–Crippen MR) is 144 cm³/mol. The second-order valence-corrected chi connectivity index (χ2v) is 11.9. The van der Waals surface area contributed by atoms with Crippen molar-refractivity contribution in [2.24, 2.45) is 17.8 Å². The van der Waals surface area contributed by atoms with Gasteiger partial charge in [-0.05, 0) is 45.4 Å². The van der Waals surface area contributed by atoms with Crippen molar-refractivity contribution in [1.29, 1.82) is 0 Å². The molecular weight excluding hydrogens is 500 g/mol. The molecule has 0 bridgehead atoms. The van der Waals surface area contributed by atoms with E-state index in [2.05, 4.69) is 21.4 Å². The van der Waals surface area contributed by atoms with E-state index in [1.54, 1.807) is 24.9 Å². The van der Waals surface area contributed by atoms with E-state index in [0.717, 1.165) is 25.0 Å². The van der Waals surface area contributed by atoms with Crippen LogP contribution < -0.4 is 14.8 Å². The summed E-state index contributed by atoms with van der Waals surface area (Å²) < 4.78 is 16.9. The molecule has 3 aliphatic rings. The maximum atomic E-state index is 13.7. The van der Waals surface area contributed by atoms with E-state index in [1.807, 2.05) is 26.8 Å². The first-order chi connectivity index (χ1) is 18.5. The molecule has 0 saturated heterocycles. The van der Waals surface area contributed by atoms with Crippen molar-refractivity contribution < 1.29 is 28.6 Å². The maximum Gasteiger partial charge on any atom is 0.332 e. The lowest BCUT2D eigenvalue weighted by Gasteiger charge is -2.26. The van der Waals surface area contributed by atoms with Crippen LogP contribution in [0.4, 0.5) is 0 Å². The zero-order chi connectivity index (χ0) is 28.4. The summed E-state index contributed by atoms with van der Waals surface area (Å²) >= 11 is 0. The Bertz CT molecular complexity index is 1120. The van der Waals surface area contributed by atoms with Gasteiger partial charge >= 0.3 is 12.0 Å². The van der Waals surface area contributed by atoms with Crippen LogP contribution in [-0.2, 0) is 24.5 Å². The number of rotatable bonds is 5. The van der Waals surface area contributed by atoms with E-state index in [9.17, 15) is 14.4 Å². The van der Waals surface area contributed by atoms with Crippen molar-refractivity contribution in [2.75, 3.05) is 27.3 Å². The third-order valence-electron chi connectivity index (χ3n) is 7.95. The van der Waals surface area contributed by atoms with Crippen LogP contribution in [0.5, 0.6) is 11.9 Å². The Kier molecular flexibility index (Phi) is 8.51. The molecule has 214 valence electrons. The summed E-state index contributed by atoms with van der Waals surface area (Å²) in [6.45, 7) is 8.72. The molecular formula is C29H42N4O6. The highest BCUT2D eigenvalue weighted by atomic mass is 16.5. The molecule has 5 atom stereocenters. The third-order valence-corrected chi connectivity index (χ3v) is 7.95. The Morgan fingerprint density at radius 2 is 1.92 bits per heavy atom. The number of nitrogens with one attached hydrogen (secondary N) is 1. The number of ether oxygens (including phenoxy) is 3. The molecule has 0 unspecified atom stereocenters. The van der Waals surface area contributed by atoms with Crippen molar-refractivity contribution >= 4 is 17.8 Å². The fourth-order valence-electron chi connectivity index (χ4n) is 5.55. The van der Waals surface area contributed by atoms with Crippen LogP contribution in [0.3, 0.4) is 0 Å². The normalized spacial score (nSPS) is 29.5. The molecule has 2 saturated carbocycles. The average Bonchev–Trinajstić information content (AvgIpc) is 3.42. The first-order valence-electron chi connectivity index (χ1n) is 14.0. The fraction of sp³-hybridized carbons (Fsp3) is 0.690. The third kappa shape index (κ3) is 6.36. The van der Waals surface area contributed by atoms with Crippen molar-refractivity contribution in [1.82, 2.24) is 20.2 Å². The van der Waals surface area contributed by atoms with Crippen molar-refractivity contribution in [2.45, 2.75) is 83.3 Å². The number of amides is 2. The predicted octanol–water partition coefficient (Wildman–Crippen LogP) is 3.19. The summed E-state index contributed by atoms with van der Waals surface area (Å²) in [5, 5.41) is 3.01. The smallest absolute Gasteiger partial charge is 0.332 e. The zero-order valence-electron chi connectivity index (χ0n) is 24.0. The molecule has 1 N–H and O–H groups in total. The number of hydrogen-bond acceptors (Lipinski definition) is 8. The van der Waals surface area contributed by atoms with Crippen LogP contribution in [0, 0.1) is 17.8 Å². The van der Waals surface area contributed by atoms with Crippen LogP contribution in [0.2, 0.25) is 0 Å². The molecule has 10 heteroatoms. The highest BCUT2D eigenvalue weighted by molar-refractivity contribution is 5.95. The van der Waals surface area contributed by atoms with Crippen LogP contribution in [0.15, 0.2) is 18.2 Å². The number of carbonyl (C=O) groups excluding carboxylic acids is 3. The van der Waals surface area contributed by atoms with Crippen LogP contribution in [0.1, 0.15) is 71.9 Å². The fourth-order valence-corrected chi connectivity index (χ4v) is 5.55. The van der Waals surface area contributed by atoms with E-state index in [1.165, 1.54) is 7.11 Å². The van der Waals surface area contributed by atoms with Crippen LogP contribution >= 0.6 is 0 Å². The number of esters is 1. The van der Waals surface area contributed by atoms with E-state index >= 15 is 0 Å². The number of carbonyl (C=O) groups is 3. The van der Waals surface area contributed by atoms with Gasteiger partial charge in [-0.1, -0.05) is 32.9 Å². The van der Waals surface area contributed by atoms with Crippen molar-refractivity contribution in [3.8, 4) is 11.9 Å². The number of nitrogens with zero attached hydrogens (tertiary/aromatic N) is 3. The lowest BCUT2D eigenvalue weighted by Crippen LogP contribution is -2.50. The first-order valence-corrected chi connectivity index (χ1v) is 14.0. The number of fused-ring (bicyclic) bond motifs is 2. The number of hydrogen-bond donors (Lipinski definition) is 1. The quantitative estimate of drug-likeness (QED) is 0.445. The molecule has 10 nitrogen and oxygen atoms in total. The summed E-state index contributed by atoms with van der Waals surface area (Å²) in [6, 6.07) is 1.98. The van der Waals surface area contributed by atoms with Gasteiger partial charge in [0.05, 0.1) is 31.2 Å². The Balaban J connectivity index is 1.60. The highest BCUT2D eigenvalue weighted by Crippen LogP contribution is 2.47. The second kappa shape index (κ2) is 11.5. The standard InChI is InChI=1S/C29H42N4O6/c1-7-38-26(36)29-17-18(29)12-10-8-9-11-13-33(5)25(35)21-15-19(14-20(21)24(34)32-29)39-23-16-22(28(2,3)4)30-27(31-23)37-6/h10,12,16,18-21H,7-9,11,13-15,17H2,1-6H3,(H,32,34)/t18-,19-,20-,21-,29-/m1/s1. The van der Waals surface area contributed by atoms with Gasteiger partial charge in [0.15, 0.2) is 0 Å². The largest absolute Gasteiger partial charge is 0.474 e. The molecule has 2 amide bonds. The molecule has 2 heterocycles. The first kappa shape index (κ1) is 28.8. The summed E-state index contributed by atoms with van der Waals surface area (Å²) in [5.74, 6) is -1.80. The number of aromatic nitrogens is 2. The summed E-state index contributed by atoms with van der Waals surface area (Å²) in [7, 11) is 3.29. The molecule has 39 heavy (non-hydrogen) atoms. The lowest BCUT2D eigenvalue weighted by atomic mass is 9.92. The summed E-state index contributed by atoms with van der Waals surface area (Å²) in [4.78, 5) is 50.8. The molecule has 1 aromatic heterocycles. The van der Waals surface area contributed by atoms with Gasteiger partial charge in [0.25, 0.3) is 0 Å². The van der Waals surface area contributed by atoms with Crippen LogP contribution in [-0.4, -0.2) is 71.6 Å².